The summed E-state index contributed by atoms with van der Waals surface area (Å²) in [5.41, 5.74) is 1.13. The lowest BCUT2D eigenvalue weighted by Gasteiger charge is -2.20. The summed E-state index contributed by atoms with van der Waals surface area (Å²) in [6, 6.07) is 6.72. The van der Waals surface area contributed by atoms with Crippen LogP contribution in [-0.4, -0.2) is 12.1 Å². The summed E-state index contributed by atoms with van der Waals surface area (Å²) in [6.45, 7) is 0.826. The van der Waals surface area contributed by atoms with Gasteiger partial charge in [-0.15, -0.1) is 0 Å². The first kappa shape index (κ1) is 14.2. The van der Waals surface area contributed by atoms with E-state index in [4.69, 9.17) is 16.3 Å². The molecule has 0 spiro atoms. The number of hydrogen-bond acceptors (Lipinski definition) is 2. The minimum Gasteiger partial charge on any atom is -0.490 e. The van der Waals surface area contributed by atoms with E-state index < -0.39 is 0 Å². The molecule has 0 atom stereocenters. The molecule has 0 amide bonds. The number of halogens is 1. The summed E-state index contributed by atoms with van der Waals surface area (Å²) < 4.78 is 6.28. The van der Waals surface area contributed by atoms with Crippen molar-refractivity contribution in [3.63, 3.8) is 0 Å². The molecule has 20 heavy (non-hydrogen) atoms. The van der Waals surface area contributed by atoms with Crippen LogP contribution in [0.5, 0.6) is 5.75 Å². The molecule has 1 N–H and O–H groups in total. The Morgan fingerprint density at radius 3 is 2.50 bits per heavy atom. The molecule has 2 fully saturated rings. The Hall–Kier alpha value is -0.730. The maximum Gasteiger partial charge on any atom is 0.125 e. The van der Waals surface area contributed by atoms with Crippen molar-refractivity contribution in [2.24, 2.45) is 0 Å². The fourth-order valence-electron chi connectivity index (χ4n) is 2.89. The van der Waals surface area contributed by atoms with Gasteiger partial charge in [0.1, 0.15) is 5.75 Å². The van der Waals surface area contributed by atoms with Crippen molar-refractivity contribution < 1.29 is 4.74 Å². The van der Waals surface area contributed by atoms with E-state index in [9.17, 15) is 0 Å². The first-order valence-electron chi connectivity index (χ1n) is 8.00. The molecule has 0 radical (unpaired) electrons. The smallest absolute Gasteiger partial charge is 0.125 e. The van der Waals surface area contributed by atoms with Crippen molar-refractivity contribution in [1.29, 1.82) is 0 Å². The van der Waals surface area contributed by atoms with Crippen LogP contribution in [0.1, 0.15) is 56.9 Å². The lowest BCUT2D eigenvalue weighted by molar-refractivity contribution is 0.181. The Balaban J connectivity index is 1.68. The van der Waals surface area contributed by atoms with Crippen LogP contribution in [0, 0.1) is 0 Å². The number of nitrogens with one attached hydrogen (secondary N) is 1. The van der Waals surface area contributed by atoms with Gasteiger partial charge in [-0.1, -0.05) is 30.5 Å². The second-order valence-electron chi connectivity index (χ2n) is 6.10. The van der Waals surface area contributed by atoms with Gasteiger partial charge in [0.25, 0.3) is 0 Å². The molecule has 2 nitrogen and oxygen atoms in total. The third kappa shape index (κ3) is 3.89. The highest BCUT2D eigenvalue weighted by Crippen LogP contribution is 2.31. The summed E-state index contributed by atoms with van der Waals surface area (Å²) in [5, 5.41) is 4.36. The minimum absolute atomic E-state index is 0.371. The molecule has 1 aromatic carbocycles. The quantitative estimate of drug-likeness (QED) is 0.795. The van der Waals surface area contributed by atoms with E-state index in [1.54, 1.807) is 0 Å². The summed E-state index contributed by atoms with van der Waals surface area (Å²) >= 11 is 6.36. The second-order valence-corrected chi connectivity index (χ2v) is 6.51. The maximum absolute atomic E-state index is 6.36. The zero-order valence-corrected chi connectivity index (χ0v) is 12.8. The van der Waals surface area contributed by atoms with Crippen LogP contribution in [0.25, 0.3) is 0 Å². The second kappa shape index (κ2) is 6.82. The monoisotopic (exact) mass is 293 g/mol. The highest BCUT2D eigenvalue weighted by Gasteiger charge is 2.22. The van der Waals surface area contributed by atoms with Crippen LogP contribution in [-0.2, 0) is 6.54 Å². The van der Waals surface area contributed by atoms with Crippen LogP contribution >= 0.6 is 11.6 Å². The van der Waals surface area contributed by atoms with Gasteiger partial charge in [-0.3, -0.25) is 0 Å². The predicted octanol–water partition coefficient (Wildman–Crippen LogP) is 4.69. The van der Waals surface area contributed by atoms with Gasteiger partial charge >= 0.3 is 0 Å². The van der Waals surface area contributed by atoms with Crippen LogP contribution in [0.2, 0.25) is 5.02 Å². The van der Waals surface area contributed by atoms with Crippen LogP contribution in [0.15, 0.2) is 18.2 Å². The molecule has 0 saturated heterocycles. The Bertz CT molecular complexity index is 437. The van der Waals surface area contributed by atoms with Gasteiger partial charge in [-0.2, -0.15) is 0 Å². The average molecular weight is 294 g/mol. The van der Waals surface area contributed by atoms with Gasteiger partial charge in [0.15, 0.2) is 0 Å². The van der Waals surface area contributed by atoms with Gasteiger partial charge in [0, 0.05) is 23.2 Å². The van der Waals surface area contributed by atoms with Crippen molar-refractivity contribution in [1.82, 2.24) is 5.32 Å². The molecular weight excluding hydrogens is 270 g/mol. The average Bonchev–Trinajstić information content (AvgIpc) is 3.25. The topological polar surface area (TPSA) is 21.3 Å². The van der Waals surface area contributed by atoms with E-state index in [1.807, 2.05) is 12.1 Å². The zero-order chi connectivity index (χ0) is 13.8. The Kier molecular flexibility index (Phi) is 4.85. The van der Waals surface area contributed by atoms with Gasteiger partial charge in [0.05, 0.1) is 6.10 Å². The Morgan fingerprint density at radius 2 is 1.80 bits per heavy atom. The number of benzene rings is 1. The van der Waals surface area contributed by atoms with E-state index in [0.29, 0.717) is 12.1 Å². The molecule has 0 unspecified atom stereocenters. The van der Waals surface area contributed by atoms with Crippen molar-refractivity contribution in [3.05, 3.63) is 28.8 Å². The van der Waals surface area contributed by atoms with Gasteiger partial charge in [0.2, 0.25) is 0 Å². The minimum atomic E-state index is 0.371. The van der Waals surface area contributed by atoms with Gasteiger partial charge in [-0.05, 0) is 50.7 Å². The third-order valence-corrected chi connectivity index (χ3v) is 4.67. The molecule has 0 heterocycles. The zero-order valence-electron chi connectivity index (χ0n) is 12.0. The van der Waals surface area contributed by atoms with E-state index >= 15 is 0 Å². The third-order valence-electron chi connectivity index (χ3n) is 4.32. The molecule has 3 rings (SSSR count). The number of rotatable bonds is 5. The fourth-order valence-corrected chi connectivity index (χ4v) is 3.13. The van der Waals surface area contributed by atoms with Crippen molar-refractivity contribution in [2.75, 3.05) is 0 Å². The molecule has 2 saturated carbocycles. The summed E-state index contributed by atoms with van der Waals surface area (Å²) in [5.74, 6) is 0.984. The van der Waals surface area contributed by atoms with Crippen molar-refractivity contribution in [3.8, 4) is 5.75 Å². The lowest BCUT2D eigenvalue weighted by atomic mass is 10.1. The van der Waals surface area contributed by atoms with Crippen molar-refractivity contribution >= 4 is 11.6 Å². The fraction of sp³-hybridized carbons (Fsp3) is 0.647. The van der Waals surface area contributed by atoms with E-state index in [-0.39, 0.29) is 0 Å². The summed E-state index contributed by atoms with van der Waals surface area (Å²) in [7, 11) is 0. The van der Waals surface area contributed by atoms with Crippen LogP contribution < -0.4 is 10.1 Å². The molecule has 0 aromatic heterocycles. The largest absolute Gasteiger partial charge is 0.490 e. The summed E-state index contributed by atoms with van der Waals surface area (Å²) in [4.78, 5) is 0. The molecule has 110 valence electrons. The molecular formula is C17H24ClNO. The van der Waals surface area contributed by atoms with Crippen molar-refractivity contribution in [2.45, 2.75) is 70.1 Å². The van der Waals surface area contributed by atoms with Crippen LogP contribution in [0.4, 0.5) is 0 Å². The molecule has 0 bridgehead atoms. The predicted molar refractivity (Wildman–Crippen MR) is 83.4 cm³/mol. The lowest BCUT2D eigenvalue weighted by Crippen LogP contribution is -2.19. The van der Waals surface area contributed by atoms with E-state index in [1.165, 1.54) is 51.4 Å². The van der Waals surface area contributed by atoms with Gasteiger partial charge < -0.3 is 10.1 Å². The molecule has 3 heteroatoms. The summed E-state index contributed by atoms with van der Waals surface area (Å²) in [6.07, 6.45) is 10.6. The molecule has 1 aromatic rings. The highest BCUT2D eigenvalue weighted by molar-refractivity contribution is 6.31. The SMILES string of the molecule is Clc1cccc(OC2CCCCCC2)c1CNC1CC1. The molecule has 0 aliphatic heterocycles. The van der Waals surface area contributed by atoms with E-state index in [0.717, 1.165) is 22.9 Å². The van der Waals surface area contributed by atoms with Crippen LogP contribution in [0.3, 0.4) is 0 Å². The normalized spacial score (nSPS) is 20.6. The molecule has 2 aliphatic carbocycles. The van der Waals surface area contributed by atoms with E-state index in [2.05, 4.69) is 11.4 Å². The first-order valence-corrected chi connectivity index (χ1v) is 8.38. The Morgan fingerprint density at radius 1 is 1.05 bits per heavy atom. The number of hydrogen-bond donors (Lipinski definition) is 1. The standard InChI is InChI=1S/C17H24ClNO/c18-16-8-5-9-17(15(16)12-19-13-10-11-13)20-14-6-3-1-2-4-7-14/h5,8-9,13-14,19H,1-4,6-7,10-12H2. The maximum atomic E-state index is 6.36. The number of ether oxygens (including phenoxy) is 1. The highest BCUT2D eigenvalue weighted by atomic mass is 35.5. The molecule has 2 aliphatic rings. The Labute approximate surface area is 126 Å². The first-order chi connectivity index (χ1) is 9.83. The van der Waals surface area contributed by atoms with Gasteiger partial charge in [-0.25, -0.2) is 0 Å².